The fourth-order valence-electron chi connectivity index (χ4n) is 3.30. The van der Waals surface area contributed by atoms with E-state index in [0.29, 0.717) is 19.6 Å². The van der Waals surface area contributed by atoms with Gasteiger partial charge in [-0.05, 0) is 44.7 Å². The molecule has 1 aliphatic heterocycles. The normalized spacial score (nSPS) is 16.2. The lowest BCUT2D eigenvalue weighted by Gasteiger charge is -2.39. The van der Waals surface area contributed by atoms with E-state index in [0.717, 1.165) is 35.4 Å². The summed E-state index contributed by atoms with van der Waals surface area (Å²) >= 11 is 1.51. The molecule has 0 aliphatic carbocycles. The molecule has 0 atom stereocenters. The van der Waals surface area contributed by atoms with Gasteiger partial charge in [-0.1, -0.05) is 13.8 Å². The Balaban J connectivity index is 1.89. The summed E-state index contributed by atoms with van der Waals surface area (Å²) in [6.45, 7) is 7.84. The first-order valence-corrected chi connectivity index (χ1v) is 9.64. The number of nitrogens with zero attached hydrogens (tertiary/aromatic N) is 1. The minimum Gasteiger partial charge on any atom is -0.348 e. The van der Waals surface area contributed by atoms with Gasteiger partial charge in [0.15, 0.2) is 0 Å². The van der Waals surface area contributed by atoms with Crippen molar-refractivity contribution < 1.29 is 9.59 Å². The highest BCUT2D eigenvalue weighted by Crippen LogP contribution is 2.29. The topological polar surface area (TPSA) is 75.4 Å². The summed E-state index contributed by atoms with van der Waals surface area (Å²) < 4.78 is 0. The third kappa shape index (κ3) is 3.98. The quantitative estimate of drug-likeness (QED) is 0.827. The highest BCUT2D eigenvalue weighted by atomic mass is 32.1. The summed E-state index contributed by atoms with van der Waals surface area (Å²) in [7, 11) is 0. The second-order valence-electron chi connectivity index (χ2n) is 6.64. The molecule has 0 unspecified atom stereocenters. The average Bonchev–Trinajstić information content (AvgIpc) is 3.04. The van der Waals surface area contributed by atoms with Crippen LogP contribution in [-0.4, -0.2) is 42.4 Å². The SMILES string of the molecule is CCC(CC)(CN)C(=O)N1CCC(NC(=O)c2ccc(C)s2)CC1. The van der Waals surface area contributed by atoms with Crippen LogP contribution in [0.25, 0.3) is 0 Å². The summed E-state index contributed by atoms with van der Waals surface area (Å²) in [6.07, 6.45) is 3.15. The predicted octanol–water partition coefficient (Wildman–Crippen LogP) is 2.54. The minimum atomic E-state index is -0.426. The Morgan fingerprint density at radius 1 is 1.29 bits per heavy atom. The maximum absolute atomic E-state index is 12.8. The number of rotatable bonds is 6. The van der Waals surface area contributed by atoms with Crippen molar-refractivity contribution in [1.29, 1.82) is 0 Å². The molecule has 24 heavy (non-hydrogen) atoms. The van der Waals surface area contributed by atoms with Crippen molar-refractivity contribution in [3.8, 4) is 0 Å². The number of thiophene rings is 1. The van der Waals surface area contributed by atoms with Crippen molar-refractivity contribution in [3.05, 3.63) is 21.9 Å². The number of hydrogen-bond donors (Lipinski definition) is 2. The highest BCUT2D eigenvalue weighted by molar-refractivity contribution is 7.13. The number of carbonyl (C=O) groups excluding carboxylic acids is 2. The molecule has 2 rings (SSSR count). The van der Waals surface area contributed by atoms with Gasteiger partial charge in [0.2, 0.25) is 5.91 Å². The van der Waals surface area contributed by atoms with Crippen LogP contribution in [0.1, 0.15) is 54.1 Å². The van der Waals surface area contributed by atoms with Crippen molar-refractivity contribution in [2.75, 3.05) is 19.6 Å². The maximum atomic E-state index is 12.8. The zero-order valence-electron chi connectivity index (χ0n) is 14.9. The summed E-state index contributed by atoms with van der Waals surface area (Å²) in [6, 6.07) is 3.97. The molecular weight excluding hydrogens is 322 g/mol. The number of carbonyl (C=O) groups is 2. The van der Waals surface area contributed by atoms with Gasteiger partial charge in [-0.25, -0.2) is 0 Å². The van der Waals surface area contributed by atoms with Gasteiger partial charge in [0.1, 0.15) is 0 Å². The molecule has 0 bridgehead atoms. The molecule has 2 heterocycles. The molecule has 0 saturated carbocycles. The number of likely N-dealkylation sites (tertiary alicyclic amines) is 1. The molecule has 1 aromatic rings. The Morgan fingerprint density at radius 2 is 1.92 bits per heavy atom. The second-order valence-corrected chi connectivity index (χ2v) is 7.93. The van der Waals surface area contributed by atoms with Crippen molar-refractivity contribution in [2.45, 2.75) is 52.5 Å². The lowest BCUT2D eigenvalue weighted by Crippen LogP contribution is -2.52. The highest BCUT2D eigenvalue weighted by Gasteiger charge is 2.38. The maximum Gasteiger partial charge on any atom is 0.261 e. The number of piperidine rings is 1. The molecule has 6 heteroatoms. The Labute approximate surface area is 148 Å². The average molecular weight is 352 g/mol. The van der Waals surface area contributed by atoms with Crippen LogP contribution in [0.2, 0.25) is 0 Å². The molecular formula is C18H29N3O2S. The molecule has 3 N–H and O–H groups in total. The molecule has 1 saturated heterocycles. The van der Waals surface area contributed by atoms with Gasteiger partial charge >= 0.3 is 0 Å². The van der Waals surface area contributed by atoms with Gasteiger partial charge in [0.25, 0.3) is 5.91 Å². The van der Waals surface area contributed by atoms with Crippen molar-refractivity contribution in [2.24, 2.45) is 11.1 Å². The van der Waals surface area contributed by atoms with E-state index in [1.54, 1.807) is 0 Å². The molecule has 5 nitrogen and oxygen atoms in total. The van der Waals surface area contributed by atoms with Gasteiger partial charge in [-0.3, -0.25) is 9.59 Å². The van der Waals surface area contributed by atoms with E-state index in [1.807, 2.05) is 37.8 Å². The molecule has 1 fully saturated rings. The fourth-order valence-corrected chi connectivity index (χ4v) is 4.07. The van der Waals surface area contributed by atoms with E-state index in [1.165, 1.54) is 11.3 Å². The molecule has 2 amide bonds. The predicted molar refractivity (Wildman–Crippen MR) is 98.2 cm³/mol. The largest absolute Gasteiger partial charge is 0.348 e. The lowest BCUT2D eigenvalue weighted by molar-refractivity contribution is -0.143. The first kappa shape index (κ1) is 18.9. The summed E-state index contributed by atoms with van der Waals surface area (Å²) in [4.78, 5) is 28.9. The number of hydrogen-bond acceptors (Lipinski definition) is 4. The second kappa shape index (κ2) is 8.12. The molecule has 0 spiro atoms. The van der Waals surface area contributed by atoms with E-state index < -0.39 is 5.41 Å². The summed E-state index contributed by atoms with van der Waals surface area (Å²) in [5.74, 6) is 0.171. The third-order valence-electron chi connectivity index (χ3n) is 5.28. The monoisotopic (exact) mass is 351 g/mol. The van der Waals surface area contributed by atoms with Crippen molar-refractivity contribution >= 4 is 23.2 Å². The van der Waals surface area contributed by atoms with Crippen LogP contribution in [0, 0.1) is 12.3 Å². The summed E-state index contributed by atoms with van der Waals surface area (Å²) in [5, 5.41) is 3.10. The van der Waals surface area contributed by atoms with E-state index in [2.05, 4.69) is 5.32 Å². The van der Waals surface area contributed by atoms with E-state index >= 15 is 0 Å². The standard InChI is InChI=1S/C18H29N3O2S/c1-4-18(5-2,12-19)17(23)21-10-8-14(9-11-21)20-16(22)15-7-6-13(3)24-15/h6-7,14H,4-5,8-12,19H2,1-3H3,(H,20,22). The van der Waals surface area contributed by atoms with Crippen molar-refractivity contribution in [1.82, 2.24) is 10.2 Å². The molecule has 1 aliphatic rings. The van der Waals surface area contributed by atoms with Gasteiger partial charge in [-0.2, -0.15) is 0 Å². The Kier molecular flexibility index (Phi) is 6.40. The Morgan fingerprint density at radius 3 is 2.38 bits per heavy atom. The van der Waals surface area contributed by atoms with Crippen LogP contribution >= 0.6 is 11.3 Å². The fraction of sp³-hybridized carbons (Fsp3) is 0.667. The smallest absolute Gasteiger partial charge is 0.261 e. The van der Waals surface area contributed by atoms with Crippen LogP contribution in [0.15, 0.2) is 12.1 Å². The van der Waals surface area contributed by atoms with Crippen molar-refractivity contribution in [3.63, 3.8) is 0 Å². The zero-order chi connectivity index (χ0) is 17.7. The number of amides is 2. The molecule has 1 aromatic heterocycles. The van der Waals surface area contributed by atoms with Crippen LogP contribution in [0.4, 0.5) is 0 Å². The minimum absolute atomic E-state index is 0.00343. The first-order valence-electron chi connectivity index (χ1n) is 8.82. The van der Waals surface area contributed by atoms with Crippen LogP contribution in [0.3, 0.4) is 0 Å². The van der Waals surface area contributed by atoms with Gasteiger partial charge in [0.05, 0.1) is 10.3 Å². The molecule has 0 aromatic carbocycles. The lowest BCUT2D eigenvalue weighted by atomic mass is 9.80. The summed E-state index contributed by atoms with van der Waals surface area (Å²) in [5.41, 5.74) is 5.47. The Hall–Kier alpha value is -1.40. The van der Waals surface area contributed by atoms with E-state index in [-0.39, 0.29) is 17.9 Å². The van der Waals surface area contributed by atoms with Crippen LogP contribution < -0.4 is 11.1 Å². The zero-order valence-corrected chi connectivity index (χ0v) is 15.7. The van der Waals surface area contributed by atoms with Crippen LogP contribution in [-0.2, 0) is 4.79 Å². The van der Waals surface area contributed by atoms with Gasteiger partial charge in [0, 0.05) is 30.6 Å². The van der Waals surface area contributed by atoms with Crippen LogP contribution in [0.5, 0.6) is 0 Å². The first-order chi connectivity index (χ1) is 11.5. The number of nitrogens with two attached hydrogens (primary N) is 1. The Bertz CT molecular complexity index is 564. The van der Waals surface area contributed by atoms with Gasteiger partial charge < -0.3 is 16.0 Å². The van der Waals surface area contributed by atoms with E-state index in [9.17, 15) is 9.59 Å². The number of nitrogens with one attached hydrogen (secondary N) is 1. The van der Waals surface area contributed by atoms with Gasteiger partial charge in [-0.15, -0.1) is 11.3 Å². The number of aryl methyl sites for hydroxylation is 1. The molecule has 0 radical (unpaired) electrons. The third-order valence-corrected chi connectivity index (χ3v) is 6.28. The molecule has 134 valence electrons. The van der Waals surface area contributed by atoms with E-state index in [4.69, 9.17) is 5.73 Å².